The number of methoxy groups -OCH3 is 3. The third kappa shape index (κ3) is 5.33. The third-order valence-electron chi connectivity index (χ3n) is 3.41. The summed E-state index contributed by atoms with van der Waals surface area (Å²) in [6.07, 6.45) is 0.944. The molecule has 0 aromatic heterocycles. The van der Waals surface area contributed by atoms with E-state index in [1.807, 2.05) is 6.92 Å². The minimum absolute atomic E-state index is 0.0993. The fourth-order valence-electron chi connectivity index (χ4n) is 2.18. The van der Waals surface area contributed by atoms with Gasteiger partial charge in [0.2, 0.25) is 17.6 Å². The summed E-state index contributed by atoms with van der Waals surface area (Å²) >= 11 is 0. The number of rotatable bonds is 9. The highest BCUT2D eigenvalue weighted by atomic mass is 16.5. The lowest BCUT2D eigenvalue weighted by molar-refractivity contribution is -0.128. The summed E-state index contributed by atoms with van der Waals surface area (Å²) in [5, 5.41) is 5.42. The van der Waals surface area contributed by atoms with Gasteiger partial charge in [0, 0.05) is 6.54 Å². The average molecular weight is 338 g/mol. The van der Waals surface area contributed by atoms with Gasteiger partial charge in [-0.15, -0.1) is 0 Å². The van der Waals surface area contributed by atoms with Gasteiger partial charge in [0.25, 0.3) is 0 Å². The topological polar surface area (TPSA) is 85.9 Å². The summed E-state index contributed by atoms with van der Waals surface area (Å²) in [6.45, 7) is 4.21. The van der Waals surface area contributed by atoms with E-state index >= 15 is 0 Å². The molecule has 134 valence electrons. The van der Waals surface area contributed by atoms with E-state index in [0.29, 0.717) is 29.4 Å². The van der Waals surface area contributed by atoms with Gasteiger partial charge in [0.15, 0.2) is 11.5 Å². The number of hydrogen-bond acceptors (Lipinski definition) is 5. The van der Waals surface area contributed by atoms with Gasteiger partial charge in [-0.3, -0.25) is 9.59 Å². The van der Waals surface area contributed by atoms with E-state index in [2.05, 4.69) is 10.6 Å². The van der Waals surface area contributed by atoms with Gasteiger partial charge >= 0.3 is 0 Å². The van der Waals surface area contributed by atoms with Crippen molar-refractivity contribution in [1.29, 1.82) is 0 Å². The molecule has 0 radical (unpaired) electrons. The zero-order valence-corrected chi connectivity index (χ0v) is 14.9. The number of benzene rings is 1. The summed E-state index contributed by atoms with van der Waals surface area (Å²) in [5.74, 6) is 0.969. The summed E-state index contributed by atoms with van der Waals surface area (Å²) in [5.41, 5.74) is 0.697. The highest BCUT2D eigenvalue weighted by molar-refractivity contribution is 5.88. The Balaban J connectivity index is 2.78. The van der Waals surface area contributed by atoms with Crippen molar-refractivity contribution < 1.29 is 23.8 Å². The van der Waals surface area contributed by atoms with Crippen LogP contribution < -0.4 is 24.8 Å². The maximum atomic E-state index is 12.2. The average Bonchev–Trinajstić information content (AvgIpc) is 2.58. The first-order valence-electron chi connectivity index (χ1n) is 7.82. The van der Waals surface area contributed by atoms with Crippen molar-refractivity contribution in [2.24, 2.45) is 0 Å². The van der Waals surface area contributed by atoms with Crippen LogP contribution in [0.5, 0.6) is 17.2 Å². The van der Waals surface area contributed by atoms with Crippen molar-refractivity contribution in [3.8, 4) is 17.2 Å². The second kappa shape index (κ2) is 9.64. The first kappa shape index (κ1) is 19.6. The normalized spacial score (nSPS) is 11.4. The SMILES string of the molecule is CCCNC(=O)[C@H](C)NC(=O)Cc1cc(OC)c(OC)c(OC)c1. The number of carbonyl (C=O) groups excluding carboxylic acids is 2. The van der Waals surface area contributed by atoms with E-state index in [-0.39, 0.29) is 18.2 Å². The molecule has 1 rings (SSSR count). The van der Waals surface area contributed by atoms with Crippen molar-refractivity contribution in [3.05, 3.63) is 17.7 Å². The molecule has 0 aliphatic carbocycles. The molecule has 0 aliphatic rings. The molecule has 0 spiro atoms. The van der Waals surface area contributed by atoms with Gasteiger partial charge in [0.05, 0.1) is 27.8 Å². The second-order valence-corrected chi connectivity index (χ2v) is 5.29. The van der Waals surface area contributed by atoms with Gasteiger partial charge in [-0.05, 0) is 31.0 Å². The number of nitrogens with one attached hydrogen (secondary N) is 2. The molecule has 2 N–H and O–H groups in total. The van der Waals surface area contributed by atoms with Gasteiger partial charge in [-0.2, -0.15) is 0 Å². The van der Waals surface area contributed by atoms with Crippen LogP contribution in [0.4, 0.5) is 0 Å². The van der Waals surface area contributed by atoms with E-state index in [1.54, 1.807) is 19.1 Å². The lowest BCUT2D eigenvalue weighted by atomic mass is 10.1. The minimum atomic E-state index is -0.592. The molecule has 0 saturated carbocycles. The molecule has 24 heavy (non-hydrogen) atoms. The molecular weight excluding hydrogens is 312 g/mol. The molecular formula is C17H26N2O5. The van der Waals surface area contributed by atoms with Gasteiger partial charge < -0.3 is 24.8 Å². The number of ether oxygens (including phenoxy) is 3. The number of amides is 2. The maximum absolute atomic E-state index is 12.2. The summed E-state index contributed by atoms with van der Waals surface area (Å²) < 4.78 is 15.8. The lowest BCUT2D eigenvalue weighted by Crippen LogP contribution is -2.45. The Bertz CT molecular complexity index is 549. The summed E-state index contributed by atoms with van der Waals surface area (Å²) in [6, 6.07) is 2.83. The van der Waals surface area contributed by atoms with Crippen LogP contribution in [0, 0.1) is 0 Å². The fraction of sp³-hybridized carbons (Fsp3) is 0.529. The number of carbonyl (C=O) groups is 2. The molecule has 0 bridgehead atoms. The highest BCUT2D eigenvalue weighted by Gasteiger charge is 2.18. The molecule has 0 saturated heterocycles. The Kier molecular flexibility index (Phi) is 7.88. The lowest BCUT2D eigenvalue weighted by Gasteiger charge is -2.16. The molecule has 0 heterocycles. The molecule has 0 fully saturated rings. The Labute approximate surface area is 142 Å². The van der Waals surface area contributed by atoms with E-state index < -0.39 is 6.04 Å². The highest BCUT2D eigenvalue weighted by Crippen LogP contribution is 2.38. The van der Waals surface area contributed by atoms with Crippen molar-refractivity contribution in [2.45, 2.75) is 32.7 Å². The summed E-state index contributed by atoms with van der Waals surface area (Å²) in [7, 11) is 4.55. The van der Waals surface area contributed by atoms with Crippen LogP contribution in [-0.2, 0) is 16.0 Å². The predicted octanol–water partition coefficient (Wildman–Crippen LogP) is 1.29. The van der Waals surface area contributed by atoms with E-state index in [4.69, 9.17) is 14.2 Å². The maximum Gasteiger partial charge on any atom is 0.242 e. The second-order valence-electron chi connectivity index (χ2n) is 5.29. The standard InChI is InChI=1S/C17H26N2O5/c1-6-7-18-17(21)11(2)19-15(20)10-12-8-13(22-3)16(24-5)14(9-12)23-4/h8-9,11H,6-7,10H2,1-5H3,(H,18,21)(H,19,20)/t11-/m0/s1. The third-order valence-corrected chi connectivity index (χ3v) is 3.41. The summed E-state index contributed by atoms with van der Waals surface area (Å²) in [4.78, 5) is 23.9. The molecule has 0 aliphatic heterocycles. The van der Waals surface area contributed by atoms with Crippen LogP contribution in [0.1, 0.15) is 25.8 Å². The zero-order chi connectivity index (χ0) is 18.1. The van der Waals surface area contributed by atoms with E-state index in [0.717, 1.165) is 6.42 Å². The van der Waals surface area contributed by atoms with Crippen LogP contribution in [0.15, 0.2) is 12.1 Å². The van der Waals surface area contributed by atoms with Gasteiger partial charge in [-0.1, -0.05) is 6.92 Å². The fourth-order valence-corrected chi connectivity index (χ4v) is 2.18. The monoisotopic (exact) mass is 338 g/mol. The first-order valence-corrected chi connectivity index (χ1v) is 7.82. The van der Waals surface area contributed by atoms with Crippen molar-refractivity contribution in [1.82, 2.24) is 10.6 Å². The minimum Gasteiger partial charge on any atom is -0.493 e. The van der Waals surface area contributed by atoms with Crippen LogP contribution in [-0.4, -0.2) is 45.7 Å². The Morgan fingerprint density at radius 2 is 1.67 bits per heavy atom. The molecule has 7 nitrogen and oxygen atoms in total. The zero-order valence-electron chi connectivity index (χ0n) is 14.9. The molecule has 2 amide bonds. The van der Waals surface area contributed by atoms with Crippen molar-refractivity contribution in [3.63, 3.8) is 0 Å². The van der Waals surface area contributed by atoms with Crippen molar-refractivity contribution in [2.75, 3.05) is 27.9 Å². The molecule has 1 aromatic carbocycles. The van der Waals surface area contributed by atoms with Crippen LogP contribution in [0.25, 0.3) is 0 Å². The van der Waals surface area contributed by atoms with Gasteiger partial charge in [-0.25, -0.2) is 0 Å². The Morgan fingerprint density at radius 3 is 2.12 bits per heavy atom. The smallest absolute Gasteiger partial charge is 0.242 e. The number of hydrogen-bond donors (Lipinski definition) is 2. The Morgan fingerprint density at radius 1 is 1.08 bits per heavy atom. The molecule has 1 aromatic rings. The van der Waals surface area contributed by atoms with Crippen molar-refractivity contribution >= 4 is 11.8 Å². The molecule has 0 unspecified atom stereocenters. The van der Waals surface area contributed by atoms with Crippen LogP contribution >= 0.6 is 0 Å². The predicted molar refractivity (Wildman–Crippen MR) is 90.7 cm³/mol. The first-order chi connectivity index (χ1) is 11.5. The van der Waals surface area contributed by atoms with Gasteiger partial charge in [0.1, 0.15) is 6.04 Å². The molecule has 1 atom stereocenters. The van der Waals surface area contributed by atoms with E-state index in [9.17, 15) is 9.59 Å². The molecule has 7 heteroatoms. The van der Waals surface area contributed by atoms with Crippen LogP contribution in [0.2, 0.25) is 0 Å². The Hall–Kier alpha value is -2.44. The van der Waals surface area contributed by atoms with E-state index in [1.165, 1.54) is 21.3 Å². The van der Waals surface area contributed by atoms with Crippen LogP contribution in [0.3, 0.4) is 0 Å². The quantitative estimate of drug-likeness (QED) is 0.708. The largest absolute Gasteiger partial charge is 0.493 e.